The zero-order valence-electron chi connectivity index (χ0n) is 47.7. The Morgan fingerprint density at radius 1 is 0.487 bits per heavy atom. The van der Waals surface area contributed by atoms with Gasteiger partial charge in [-0.15, -0.1) is 0 Å². The molecule has 0 bridgehead atoms. The van der Waals surface area contributed by atoms with Crippen LogP contribution in [0, 0.1) is 13.8 Å². The van der Waals surface area contributed by atoms with Gasteiger partial charge in [-0.3, -0.25) is 0 Å². The first-order valence-corrected chi connectivity index (χ1v) is 27.7. The second-order valence-corrected chi connectivity index (χ2v) is 27.2. The fourth-order valence-corrected chi connectivity index (χ4v) is 13.4. The molecule has 380 valence electrons. The first-order valence-electron chi connectivity index (χ1n) is 27.7. The van der Waals surface area contributed by atoms with Gasteiger partial charge in [-0.25, -0.2) is 0 Å². The van der Waals surface area contributed by atoms with Crippen LogP contribution in [0.1, 0.15) is 141 Å². The summed E-state index contributed by atoms with van der Waals surface area (Å²) in [5, 5.41) is 3.60. The van der Waals surface area contributed by atoms with Crippen molar-refractivity contribution in [1.82, 2.24) is 4.57 Å². The van der Waals surface area contributed by atoms with Gasteiger partial charge in [-0.1, -0.05) is 182 Å². The average Bonchev–Trinajstić information content (AvgIpc) is 4.11. The van der Waals surface area contributed by atoms with Crippen molar-refractivity contribution in [2.45, 2.75) is 138 Å². The maximum absolute atomic E-state index is 6.77. The Bertz CT molecular complexity index is 4050. The van der Waals surface area contributed by atoms with Crippen LogP contribution in [0.3, 0.4) is 0 Å². The summed E-state index contributed by atoms with van der Waals surface area (Å²) in [4.78, 5) is 5.17. The van der Waals surface area contributed by atoms with Crippen LogP contribution in [-0.2, 0) is 27.1 Å². The number of anilines is 6. The summed E-state index contributed by atoms with van der Waals surface area (Å²) in [6.45, 7) is 37.6. The lowest BCUT2D eigenvalue weighted by molar-refractivity contribution is 0.589. The van der Waals surface area contributed by atoms with Gasteiger partial charge in [0, 0.05) is 61.4 Å². The average molecular weight is 994 g/mol. The fraction of sp³-hybridized carbons (Fsp3) is 0.296. The lowest BCUT2D eigenvalue weighted by Gasteiger charge is -2.42. The van der Waals surface area contributed by atoms with Gasteiger partial charge in [0.05, 0.1) is 16.8 Å². The van der Waals surface area contributed by atoms with Crippen molar-refractivity contribution in [3.63, 3.8) is 0 Å². The quantitative estimate of drug-likeness (QED) is 0.164. The third-order valence-electron chi connectivity index (χ3n) is 17.6. The molecule has 0 saturated carbocycles. The Hall–Kier alpha value is -7.24. The van der Waals surface area contributed by atoms with Crippen LogP contribution in [0.15, 0.2) is 150 Å². The van der Waals surface area contributed by atoms with Crippen molar-refractivity contribution < 1.29 is 4.42 Å². The van der Waals surface area contributed by atoms with Crippen molar-refractivity contribution >= 4 is 90.1 Å². The van der Waals surface area contributed by atoms with E-state index in [1.165, 1.54) is 111 Å². The standard InChI is InChI=1S/C71H72BN3O/c1-41-34-43(67(3,4)5)28-32-54(41)73(55-33-29-44(35-42(55)2)68(6,7)8)47-30-31-52-57(40-47)74(56-25-21-27-61-62(56)49-23-18-20-26-60(49)76-61)58-38-46(70(12,13)14)39-59-64(58)72(52)53-37-45(69(9,10)11)36-50-63-66(75(59)65(50)53)48-22-17-19-24-51(48)71(63,15)16/h17-40H,1-16H3. The highest BCUT2D eigenvalue weighted by Crippen LogP contribution is 2.56. The summed E-state index contributed by atoms with van der Waals surface area (Å²) in [6.07, 6.45) is 0. The summed E-state index contributed by atoms with van der Waals surface area (Å²) < 4.78 is 9.48. The van der Waals surface area contributed by atoms with Crippen LogP contribution < -0.4 is 26.2 Å². The Balaban J connectivity index is 1.19. The minimum absolute atomic E-state index is 0.00991. The van der Waals surface area contributed by atoms with Crippen LogP contribution in [0.5, 0.6) is 0 Å². The molecule has 13 rings (SSSR count). The molecule has 4 nitrogen and oxygen atoms in total. The van der Waals surface area contributed by atoms with Crippen molar-refractivity contribution in [2.75, 3.05) is 9.80 Å². The Kier molecular flexibility index (Phi) is 10.1. The number of aromatic nitrogens is 1. The van der Waals surface area contributed by atoms with E-state index in [1.807, 2.05) is 0 Å². The molecule has 0 amide bonds. The number of rotatable bonds is 4. The summed E-state index contributed by atoms with van der Waals surface area (Å²) in [5.41, 5.74) is 28.2. The summed E-state index contributed by atoms with van der Waals surface area (Å²) in [7, 11) is 0. The first-order chi connectivity index (χ1) is 35.8. The van der Waals surface area contributed by atoms with Crippen LogP contribution in [0.2, 0.25) is 0 Å². The number of nitrogens with zero attached hydrogens (tertiary/aromatic N) is 3. The van der Waals surface area contributed by atoms with Gasteiger partial charge in [0.15, 0.2) is 0 Å². The molecule has 0 atom stereocenters. The number of hydrogen-bond acceptors (Lipinski definition) is 3. The van der Waals surface area contributed by atoms with Gasteiger partial charge >= 0.3 is 0 Å². The van der Waals surface area contributed by atoms with E-state index in [1.54, 1.807) is 0 Å². The van der Waals surface area contributed by atoms with E-state index in [-0.39, 0.29) is 33.8 Å². The second-order valence-electron chi connectivity index (χ2n) is 27.2. The van der Waals surface area contributed by atoms with E-state index >= 15 is 0 Å². The number of hydrogen-bond donors (Lipinski definition) is 0. The van der Waals surface area contributed by atoms with Gasteiger partial charge in [0.25, 0.3) is 6.71 Å². The monoisotopic (exact) mass is 994 g/mol. The molecule has 2 aromatic heterocycles. The Morgan fingerprint density at radius 2 is 1.08 bits per heavy atom. The molecular weight excluding hydrogens is 922 g/mol. The molecule has 0 saturated heterocycles. The summed E-state index contributed by atoms with van der Waals surface area (Å²) in [6, 6.07) is 56.4. The van der Waals surface area contributed by atoms with E-state index in [0.717, 1.165) is 33.3 Å². The van der Waals surface area contributed by atoms with E-state index in [4.69, 9.17) is 4.42 Å². The molecular formula is C71H72BN3O. The minimum atomic E-state index is -0.208. The van der Waals surface area contributed by atoms with E-state index in [0.29, 0.717) is 0 Å². The third-order valence-corrected chi connectivity index (χ3v) is 17.6. The predicted molar refractivity (Wildman–Crippen MR) is 326 cm³/mol. The van der Waals surface area contributed by atoms with E-state index < -0.39 is 0 Å². The normalized spacial score (nSPS) is 14.6. The van der Waals surface area contributed by atoms with Crippen LogP contribution in [-0.4, -0.2) is 11.3 Å². The predicted octanol–water partition coefficient (Wildman–Crippen LogP) is 17.7. The zero-order valence-corrected chi connectivity index (χ0v) is 47.7. The van der Waals surface area contributed by atoms with Crippen LogP contribution in [0.25, 0.3) is 49.8 Å². The number of furan rings is 1. The Labute approximate surface area is 451 Å². The molecule has 0 radical (unpaired) electrons. The lowest BCUT2D eigenvalue weighted by atomic mass is 9.33. The third kappa shape index (κ3) is 6.95. The summed E-state index contributed by atoms with van der Waals surface area (Å²) >= 11 is 0. The molecule has 1 aliphatic carbocycles. The number of fused-ring (bicyclic) bond motifs is 12. The van der Waals surface area contributed by atoms with Gasteiger partial charge in [0.2, 0.25) is 0 Å². The van der Waals surface area contributed by atoms with Gasteiger partial charge < -0.3 is 18.8 Å². The van der Waals surface area contributed by atoms with Crippen molar-refractivity contribution in [3.05, 3.63) is 190 Å². The molecule has 0 unspecified atom stereocenters. The molecule has 8 aromatic carbocycles. The highest BCUT2D eigenvalue weighted by molar-refractivity contribution is 7.00. The van der Waals surface area contributed by atoms with Crippen LogP contribution in [0.4, 0.5) is 34.1 Å². The lowest BCUT2D eigenvalue weighted by Crippen LogP contribution is -2.60. The highest BCUT2D eigenvalue weighted by Gasteiger charge is 2.48. The van der Waals surface area contributed by atoms with Gasteiger partial charge in [0.1, 0.15) is 11.2 Å². The molecule has 76 heavy (non-hydrogen) atoms. The molecule has 0 fully saturated rings. The number of aryl methyl sites for hydroxylation is 2. The SMILES string of the molecule is Cc1cc(C(C)(C)C)ccc1N(c1ccc2c(c1)N(c1cccc3oc4ccccc4c13)c1cc(C(C)(C)C)cc3c1B2c1cc(C(C)(C)C)cc2c4c(n-3c12)-c1ccccc1C4(C)C)c1ccc(C(C)(C)C)cc1C. The second kappa shape index (κ2) is 15.9. The van der Waals surface area contributed by atoms with Gasteiger partial charge in [-0.2, -0.15) is 0 Å². The Morgan fingerprint density at radius 3 is 1.72 bits per heavy atom. The first kappa shape index (κ1) is 48.4. The van der Waals surface area contributed by atoms with E-state index in [2.05, 4.69) is 271 Å². The molecule has 4 heterocycles. The fourth-order valence-electron chi connectivity index (χ4n) is 13.4. The van der Waals surface area contributed by atoms with Crippen LogP contribution >= 0.6 is 0 Å². The van der Waals surface area contributed by atoms with Crippen molar-refractivity contribution in [1.29, 1.82) is 0 Å². The van der Waals surface area contributed by atoms with Gasteiger partial charge in [-0.05, 0) is 157 Å². The largest absolute Gasteiger partial charge is 0.456 e. The molecule has 0 spiro atoms. The minimum Gasteiger partial charge on any atom is -0.456 e. The molecule has 10 aromatic rings. The topological polar surface area (TPSA) is 24.6 Å². The smallest absolute Gasteiger partial charge is 0.252 e. The maximum atomic E-state index is 6.77. The number of para-hydroxylation sites is 1. The summed E-state index contributed by atoms with van der Waals surface area (Å²) in [5.74, 6) is 0. The van der Waals surface area contributed by atoms with E-state index in [9.17, 15) is 0 Å². The highest BCUT2D eigenvalue weighted by atomic mass is 16.3. The number of benzene rings is 8. The molecule has 3 aliphatic rings. The molecule has 2 aliphatic heterocycles. The zero-order chi connectivity index (χ0) is 53.5. The maximum Gasteiger partial charge on any atom is 0.252 e. The van der Waals surface area contributed by atoms with Crippen molar-refractivity contribution in [3.8, 4) is 16.9 Å². The molecule has 0 N–H and O–H groups in total. The van der Waals surface area contributed by atoms with Crippen molar-refractivity contribution in [2.24, 2.45) is 0 Å². The molecule has 5 heteroatoms.